The highest BCUT2D eigenvalue weighted by Gasteiger charge is 2.14. The van der Waals surface area contributed by atoms with Gasteiger partial charge in [-0.1, -0.05) is 6.92 Å². The Morgan fingerprint density at radius 1 is 1.30 bits per heavy atom. The number of hydrogen-bond acceptors (Lipinski definition) is 5. The number of nitrogens with zero attached hydrogens (tertiary/aromatic N) is 3. The summed E-state index contributed by atoms with van der Waals surface area (Å²) >= 11 is 0. The second-order valence-electron chi connectivity index (χ2n) is 4.69. The van der Waals surface area contributed by atoms with Gasteiger partial charge in [-0.15, -0.1) is 0 Å². The molecule has 2 aromatic heterocycles. The van der Waals surface area contributed by atoms with Crippen molar-refractivity contribution >= 4 is 11.6 Å². The molecule has 0 atom stereocenters. The third-order valence-electron chi connectivity index (χ3n) is 3.21. The third-order valence-corrected chi connectivity index (χ3v) is 3.21. The smallest absolute Gasteiger partial charge is 0.137 e. The Balaban J connectivity index is 2.20. The Kier molecular flexibility index (Phi) is 4.98. The standard InChI is InChI=1S/C15H22N4O/c1-4-8-16-14-12(3)15(18-11-17-14)19(5-2)10-13-7-6-9-20-13/h6-7,9,11H,4-5,8,10H2,1-3H3,(H,16,17,18). The lowest BCUT2D eigenvalue weighted by atomic mass is 10.2. The van der Waals surface area contributed by atoms with E-state index in [1.54, 1.807) is 12.6 Å². The van der Waals surface area contributed by atoms with Gasteiger partial charge >= 0.3 is 0 Å². The summed E-state index contributed by atoms with van der Waals surface area (Å²) in [5.41, 5.74) is 1.08. The van der Waals surface area contributed by atoms with Crippen molar-refractivity contribution in [3.8, 4) is 0 Å². The van der Waals surface area contributed by atoms with Gasteiger partial charge in [0.2, 0.25) is 0 Å². The van der Waals surface area contributed by atoms with Crippen LogP contribution in [0.3, 0.4) is 0 Å². The quantitative estimate of drug-likeness (QED) is 0.840. The maximum absolute atomic E-state index is 5.42. The average Bonchev–Trinajstić information content (AvgIpc) is 2.97. The van der Waals surface area contributed by atoms with Crippen LogP contribution in [0.15, 0.2) is 29.1 Å². The lowest BCUT2D eigenvalue weighted by Gasteiger charge is -2.23. The molecule has 2 heterocycles. The molecule has 0 saturated carbocycles. The number of hydrogen-bond donors (Lipinski definition) is 1. The largest absolute Gasteiger partial charge is 0.467 e. The van der Waals surface area contributed by atoms with Crippen molar-refractivity contribution in [1.82, 2.24) is 9.97 Å². The van der Waals surface area contributed by atoms with Crippen LogP contribution < -0.4 is 10.2 Å². The first-order valence-electron chi connectivity index (χ1n) is 7.09. The van der Waals surface area contributed by atoms with Crippen LogP contribution in [0.5, 0.6) is 0 Å². The van der Waals surface area contributed by atoms with Crippen LogP contribution in [0.25, 0.3) is 0 Å². The molecule has 0 aliphatic carbocycles. The molecule has 0 aliphatic heterocycles. The van der Waals surface area contributed by atoms with Crippen LogP contribution in [0.1, 0.15) is 31.6 Å². The molecule has 0 aromatic carbocycles. The molecule has 108 valence electrons. The topological polar surface area (TPSA) is 54.2 Å². The van der Waals surface area contributed by atoms with Crippen LogP contribution in [0.4, 0.5) is 11.6 Å². The highest BCUT2D eigenvalue weighted by Crippen LogP contribution is 2.23. The molecule has 5 heteroatoms. The lowest BCUT2D eigenvalue weighted by Crippen LogP contribution is -2.24. The minimum absolute atomic E-state index is 0.717. The number of nitrogens with one attached hydrogen (secondary N) is 1. The normalized spacial score (nSPS) is 10.6. The molecular formula is C15H22N4O. The summed E-state index contributed by atoms with van der Waals surface area (Å²) in [6.07, 6.45) is 4.39. The van der Waals surface area contributed by atoms with Crippen LogP contribution >= 0.6 is 0 Å². The van der Waals surface area contributed by atoms with Gasteiger partial charge in [-0.25, -0.2) is 9.97 Å². The fraction of sp³-hybridized carbons (Fsp3) is 0.467. The van der Waals surface area contributed by atoms with Crippen molar-refractivity contribution in [3.63, 3.8) is 0 Å². The zero-order chi connectivity index (χ0) is 14.4. The fourth-order valence-electron chi connectivity index (χ4n) is 2.11. The average molecular weight is 274 g/mol. The second kappa shape index (κ2) is 6.93. The number of furan rings is 1. The fourth-order valence-corrected chi connectivity index (χ4v) is 2.11. The minimum atomic E-state index is 0.717. The van der Waals surface area contributed by atoms with Gasteiger partial charge in [0.05, 0.1) is 12.8 Å². The molecule has 5 nitrogen and oxygen atoms in total. The van der Waals surface area contributed by atoms with Crippen LogP contribution in [-0.4, -0.2) is 23.1 Å². The van der Waals surface area contributed by atoms with Gasteiger partial charge in [0.1, 0.15) is 23.7 Å². The Morgan fingerprint density at radius 2 is 2.15 bits per heavy atom. The molecule has 2 rings (SSSR count). The van der Waals surface area contributed by atoms with Crippen LogP contribution in [0.2, 0.25) is 0 Å². The molecule has 0 fully saturated rings. The molecule has 0 aliphatic rings. The van der Waals surface area contributed by atoms with E-state index in [2.05, 4.69) is 41.0 Å². The van der Waals surface area contributed by atoms with Gasteiger partial charge in [0.15, 0.2) is 0 Å². The first kappa shape index (κ1) is 14.4. The van der Waals surface area contributed by atoms with Gasteiger partial charge in [-0.3, -0.25) is 0 Å². The van der Waals surface area contributed by atoms with Crippen molar-refractivity contribution in [3.05, 3.63) is 36.0 Å². The highest BCUT2D eigenvalue weighted by atomic mass is 16.3. The third kappa shape index (κ3) is 3.29. The van der Waals surface area contributed by atoms with Crippen LogP contribution in [-0.2, 0) is 6.54 Å². The molecule has 0 unspecified atom stereocenters. The molecule has 2 aromatic rings. The Labute approximate surface area is 120 Å². The molecular weight excluding hydrogens is 252 g/mol. The summed E-state index contributed by atoms with van der Waals surface area (Å²) < 4.78 is 5.42. The SMILES string of the molecule is CCCNc1ncnc(N(CC)Cc2ccco2)c1C. The first-order chi connectivity index (χ1) is 9.76. The summed E-state index contributed by atoms with van der Waals surface area (Å²) in [6, 6.07) is 3.89. The second-order valence-corrected chi connectivity index (χ2v) is 4.69. The Morgan fingerprint density at radius 3 is 2.80 bits per heavy atom. The molecule has 0 spiro atoms. The van der Waals surface area contributed by atoms with E-state index in [9.17, 15) is 0 Å². The van der Waals surface area contributed by atoms with Gasteiger partial charge in [-0.05, 0) is 32.4 Å². The highest BCUT2D eigenvalue weighted by molar-refractivity contribution is 5.57. The van der Waals surface area contributed by atoms with Crippen molar-refractivity contribution in [2.24, 2.45) is 0 Å². The van der Waals surface area contributed by atoms with E-state index in [1.807, 2.05) is 12.1 Å². The molecule has 0 radical (unpaired) electrons. The van der Waals surface area contributed by atoms with E-state index in [4.69, 9.17) is 4.42 Å². The van der Waals surface area contributed by atoms with E-state index >= 15 is 0 Å². The van der Waals surface area contributed by atoms with Crippen molar-refractivity contribution in [1.29, 1.82) is 0 Å². The maximum atomic E-state index is 5.42. The Bertz CT molecular complexity index is 525. The number of aromatic nitrogens is 2. The molecule has 0 amide bonds. The van der Waals surface area contributed by atoms with Crippen LogP contribution in [0, 0.1) is 6.92 Å². The van der Waals surface area contributed by atoms with Gasteiger partial charge in [0.25, 0.3) is 0 Å². The Hall–Kier alpha value is -2.04. The molecule has 1 N–H and O–H groups in total. The first-order valence-corrected chi connectivity index (χ1v) is 7.09. The zero-order valence-corrected chi connectivity index (χ0v) is 12.4. The summed E-state index contributed by atoms with van der Waals surface area (Å²) in [6.45, 7) is 8.81. The summed E-state index contributed by atoms with van der Waals surface area (Å²) in [4.78, 5) is 10.9. The van der Waals surface area contributed by atoms with Crippen molar-refractivity contribution in [2.75, 3.05) is 23.3 Å². The monoisotopic (exact) mass is 274 g/mol. The van der Waals surface area contributed by atoms with Crippen molar-refractivity contribution in [2.45, 2.75) is 33.7 Å². The van der Waals surface area contributed by atoms with Gasteiger partial charge in [-0.2, -0.15) is 0 Å². The van der Waals surface area contributed by atoms with E-state index in [-0.39, 0.29) is 0 Å². The number of anilines is 2. The van der Waals surface area contributed by atoms with Gasteiger partial charge < -0.3 is 14.6 Å². The van der Waals surface area contributed by atoms with E-state index in [0.29, 0.717) is 6.54 Å². The summed E-state index contributed by atoms with van der Waals surface area (Å²) in [5.74, 6) is 2.81. The molecule has 0 bridgehead atoms. The van der Waals surface area contributed by atoms with E-state index < -0.39 is 0 Å². The summed E-state index contributed by atoms with van der Waals surface area (Å²) in [5, 5.41) is 3.34. The maximum Gasteiger partial charge on any atom is 0.137 e. The molecule has 0 saturated heterocycles. The van der Waals surface area contributed by atoms with E-state index in [1.165, 1.54) is 0 Å². The minimum Gasteiger partial charge on any atom is -0.467 e. The zero-order valence-electron chi connectivity index (χ0n) is 12.4. The van der Waals surface area contributed by atoms with E-state index in [0.717, 1.165) is 42.5 Å². The van der Waals surface area contributed by atoms with Crippen molar-refractivity contribution < 1.29 is 4.42 Å². The van der Waals surface area contributed by atoms with Gasteiger partial charge in [0, 0.05) is 18.7 Å². The number of rotatable bonds is 7. The summed E-state index contributed by atoms with van der Waals surface area (Å²) in [7, 11) is 0. The molecule has 20 heavy (non-hydrogen) atoms. The predicted molar refractivity (Wildman–Crippen MR) is 81.0 cm³/mol. The lowest BCUT2D eigenvalue weighted by molar-refractivity contribution is 0.502. The predicted octanol–water partition coefficient (Wildman–Crippen LogP) is 3.23.